The Bertz CT molecular complexity index is 349. The minimum absolute atomic E-state index is 0.245. The van der Waals surface area contributed by atoms with Crippen LogP contribution in [0.4, 0.5) is 0 Å². The van der Waals surface area contributed by atoms with Crippen LogP contribution in [0.25, 0.3) is 0 Å². The van der Waals surface area contributed by atoms with Crippen LogP contribution in [-0.2, 0) is 14.3 Å². The van der Waals surface area contributed by atoms with Crippen LogP contribution >= 0.6 is 0 Å². The molecular weight excluding hydrogens is 296 g/mol. The van der Waals surface area contributed by atoms with Gasteiger partial charge in [0.1, 0.15) is 0 Å². The fourth-order valence-electron chi connectivity index (χ4n) is 3.38. The summed E-state index contributed by atoms with van der Waals surface area (Å²) in [5, 5.41) is 6.89. The summed E-state index contributed by atoms with van der Waals surface area (Å²) in [6.45, 7) is 8.99. The van der Waals surface area contributed by atoms with Crippen molar-refractivity contribution in [2.24, 2.45) is 11.8 Å². The quantitative estimate of drug-likeness (QED) is 0.795. The third-order valence-corrected chi connectivity index (χ3v) is 4.86. The summed E-state index contributed by atoms with van der Waals surface area (Å²) in [7, 11) is 1.98. The fourth-order valence-corrected chi connectivity index (χ4v) is 3.38. The van der Waals surface area contributed by atoms with Crippen LogP contribution in [0.3, 0.4) is 0 Å². The van der Waals surface area contributed by atoms with E-state index >= 15 is 0 Å². The lowest BCUT2D eigenvalue weighted by atomic mass is 9.93. The molecule has 0 atom stereocenters. The molecule has 2 fully saturated rings. The van der Waals surface area contributed by atoms with Gasteiger partial charge in [-0.25, -0.2) is 0 Å². The van der Waals surface area contributed by atoms with E-state index in [-0.39, 0.29) is 12.4 Å². The van der Waals surface area contributed by atoms with Gasteiger partial charge < -0.3 is 19.6 Å². The summed E-state index contributed by atoms with van der Waals surface area (Å²) in [4.78, 5) is 25.3. The molecule has 1 N–H and O–H groups in total. The van der Waals surface area contributed by atoms with E-state index in [1.165, 1.54) is 0 Å². The molecule has 2 rings (SSSR count). The van der Waals surface area contributed by atoms with Crippen molar-refractivity contribution >= 4 is 12.4 Å². The number of piperidine rings is 1. The zero-order chi connectivity index (χ0) is 17.2. The summed E-state index contributed by atoms with van der Waals surface area (Å²) in [5.74, 6) is 1.24. The molecule has 0 radical (unpaired) electrons. The Morgan fingerprint density at radius 3 is 2.26 bits per heavy atom. The topological polar surface area (TPSA) is 70.1 Å². The normalized spacial score (nSPS) is 20.7. The van der Waals surface area contributed by atoms with Gasteiger partial charge >= 0.3 is 0 Å². The Kier molecular flexibility index (Phi) is 9.17. The van der Waals surface area contributed by atoms with Gasteiger partial charge in [0.05, 0.1) is 0 Å². The summed E-state index contributed by atoms with van der Waals surface area (Å²) >= 11 is 0. The molecule has 134 valence electrons. The predicted octanol–water partition coefficient (Wildman–Crippen LogP) is 1.69. The summed E-state index contributed by atoms with van der Waals surface area (Å²) < 4.78 is 5.38. The Morgan fingerprint density at radius 1 is 1.26 bits per heavy atom. The number of carbonyl (C=O) groups is 2. The molecule has 2 saturated heterocycles. The zero-order valence-corrected chi connectivity index (χ0v) is 14.7. The molecule has 23 heavy (non-hydrogen) atoms. The van der Waals surface area contributed by atoms with Gasteiger partial charge in [-0.1, -0.05) is 0 Å². The van der Waals surface area contributed by atoms with Crippen molar-refractivity contribution in [3.63, 3.8) is 0 Å². The second-order valence-electron chi connectivity index (χ2n) is 6.78. The minimum atomic E-state index is -0.250. The number of hydrogen-bond acceptors (Lipinski definition) is 4. The molecule has 0 aromatic heterocycles. The third-order valence-electron chi connectivity index (χ3n) is 4.86. The lowest BCUT2D eigenvalue weighted by molar-refractivity contribution is -0.137. The molecule has 0 aromatic rings. The van der Waals surface area contributed by atoms with Crippen LogP contribution < -0.4 is 0 Å². The number of rotatable bonds is 4. The van der Waals surface area contributed by atoms with Gasteiger partial charge in [0, 0.05) is 38.8 Å². The monoisotopic (exact) mass is 328 g/mol. The first-order valence-electron chi connectivity index (χ1n) is 8.64. The van der Waals surface area contributed by atoms with Crippen molar-refractivity contribution < 1.29 is 19.4 Å². The second kappa shape index (κ2) is 10.6. The molecule has 0 spiro atoms. The number of hydrogen-bond donors (Lipinski definition) is 1. The van der Waals surface area contributed by atoms with Crippen LogP contribution in [0, 0.1) is 11.8 Å². The van der Waals surface area contributed by atoms with E-state index < -0.39 is 0 Å². The van der Waals surface area contributed by atoms with Crippen molar-refractivity contribution in [3.05, 3.63) is 0 Å². The van der Waals surface area contributed by atoms with E-state index in [4.69, 9.17) is 14.6 Å². The first-order valence-corrected chi connectivity index (χ1v) is 8.64. The van der Waals surface area contributed by atoms with E-state index in [0.29, 0.717) is 17.9 Å². The van der Waals surface area contributed by atoms with E-state index in [2.05, 4.69) is 18.7 Å². The Balaban J connectivity index is 0.000000816. The average molecular weight is 328 g/mol. The molecule has 1 amide bonds. The predicted molar refractivity (Wildman–Crippen MR) is 89.3 cm³/mol. The third kappa shape index (κ3) is 6.87. The van der Waals surface area contributed by atoms with Gasteiger partial charge in [-0.15, -0.1) is 0 Å². The summed E-state index contributed by atoms with van der Waals surface area (Å²) in [5.41, 5.74) is 0. The lowest BCUT2D eigenvalue weighted by Crippen LogP contribution is -2.44. The van der Waals surface area contributed by atoms with Crippen molar-refractivity contribution in [2.75, 3.05) is 39.9 Å². The minimum Gasteiger partial charge on any atom is -0.483 e. The van der Waals surface area contributed by atoms with Crippen LogP contribution in [0.5, 0.6) is 0 Å². The van der Waals surface area contributed by atoms with Crippen molar-refractivity contribution in [1.29, 1.82) is 0 Å². The number of nitrogens with zero attached hydrogens (tertiary/aromatic N) is 2. The molecule has 0 saturated carbocycles. The van der Waals surface area contributed by atoms with Crippen LogP contribution in [0.2, 0.25) is 0 Å². The summed E-state index contributed by atoms with van der Waals surface area (Å²) in [6.07, 6.45) is 4.25. The van der Waals surface area contributed by atoms with Gasteiger partial charge in [-0.05, 0) is 58.5 Å². The Hall–Kier alpha value is -1.14. The van der Waals surface area contributed by atoms with E-state index in [9.17, 15) is 4.79 Å². The molecule has 2 aliphatic heterocycles. The van der Waals surface area contributed by atoms with E-state index in [1.54, 1.807) is 0 Å². The summed E-state index contributed by atoms with van der Waals surface area (Å²) in [6, 6.07) is 0.603. The highest BCUT2D eigenvalue weighted by molar-refractivity contribution is 5.78. The largest absolute Gasteiger partial charge is 0.483 e. The SMILES string of the molecule is CC(C)N1CCC(C(=O)N(C)CC2CCOCC2)CC1.O=CO. The number of amides is 1. The van der Waals surface area contributed by atoms with Gasteiger partial charge in [0.25, 0.3) is 6.47 Å². The highest BCUT2D eigenvalue weighted by Gasteiger charge is 2.29. The van der Waals surface area contributed by atoms with Gasteiger partial charge in [0.2, 0.25) is 5.91 Å². The smallest absolute Gasteiger partial charge is 0.290 e. The fraction of sp³-hybridized carbons (Fsp3) is 0.882. The standard InChI is InChI=1S/C16H30N2O2.CH2O2/c1-13(2)18-8-4-15(5-9-18)16(19)17(3)12-14-6-10-20-11-7-14;2-1-3/h13-15H,4-12H2,1-3H3;1H,(H,2,3). The molecule has 6 heteroatoms. The zero-order valence-electron chi connectivity index (χ0n) is 14.7. The van der Waals surface area contributed by atoms with Crippen LogP contribution in [0.1, 0.15) is 39.5 Å². The molecule has 0 aliphatic carbocycles. The number of carboxylic acid groups (broad SMARTS) is 1. The number of carbonyl (C=O) groups excluding carboxylic acids is 1. The molecule has 0 bridgehead atoms. The molecule has 2 heterocycles. The van der Waals surface area contributed by atoms with Crippen LogP contribution in [-0.4, -0.2) is 73.2 Å². The van der Waals surface area contributed by atoms with Crippen LogP contribution in [0.15, 0.2) is 0 Å². The first-order chi connectivity index (χ1) is 11.0. The van der Waals surface area contributed by atoms with Gasteiger partial charge in [-0.2, -0.15) is 0 Å². The van der Waals surface area contributed by atoms with Crippen molar-refractivity contribution in [1.82, 2.24) is 9.80 Å². The van der Waals surface area contributed by atoms with Gasteiger partial charge in [-0.3, -0.25) is 9.59 Å². The lowest BCUT2D eigenvalue weighted by Gasteiger charge is -2.36. The van der Waals surface area contributed by atoms with E-state index in [1.807, 2.05) is 11.9 Å². The molecule has 2 aliphatic rings. The highest BCUT2D eigenvalue weighted by atomic mass is 16.5. The highest BCUT2D eigenvalue weighted by Crippen LogP contribution is 2.22. The maximum atomic E-state index is 12.5. The Morgan fingerprint density at radius 2 is 1.78 bits per heavy atom. The molecule has 6 nitrogen and oxygen atoms in total. The second-order valence-corrected chi connectivity index (χ2v) is 6.78. The van der Waals surface area contributed by atoms with Gasteiger partial charge in [0.15, 0.2) is 0 Å². The number of likely N-dealkylation sites (tertiary alicyclic amines) is 1. The maximum Gasteiger partial charge on any atom is 0.290 e. The van der Waals surface area contributed by atoms with Crippen molar-refractivity contribution in [3.8, 4) is 0 Å². The average Bonchev–Trinajstić information content (AvgIpc) is 2.56. The molecule has 0 aromatic carbocycles. The molecule has 0 unspecified atom stereocenters. The first kappa shape index (κ1) is 19.9. The van der Waals surface area contributed by atoms with Crippen molar-refractivity contribution in [2.45, 2.75) is 45.6 Å². The molecular formula is C17H32N2O4. The number of ether oxygens (including phenoxy) is 1. The van der Waals surface area contributed by atoms with E-state index in [0.717, 1.165) is 58.5 Å². The maximum absolute atomic E-state index is 12.5. The Labute approximate surface area is 139 Å².